The predicted octanol–water partition coefficient (Wildman–Crippen LogP) is 3.47. The molecule has 0 aromatic heterocycles. The van der Waals surface area contributed by atoms with Crippen LogP contribution in [0, 0.1) is 0 Å². The van der Waals surface area contributed by atoms with Crippen molar-refractivity contribution in [1.29, 1.82) is 0 Å². The number of alkyl halides is 2. The van der Waals surface area contributed by atoms with Gasteiger partial charge in [-0.3, -0.25) is 0 Å². The van der Waals surface area contributed by atoms with Gasteiger partial charge in [0.25, 0.3) is 0 Å². The van der Waals surface area contributed by atoms with E-state index in [1.807, 2.05) is 0 Å². The van der Waals surface area contributed by atoms with Gasteiger partial charge in [0.2, 0.25) is 0 Å². The van der Waals surface area contributed by atoms with Gasteiger partial charge in [-0.15, -0.1) is 0 Å². The maximum absolute atomic E-state index is 10.8. The third kappa shape index (κ3) is 2.62. The Bertz CT molecular complexity index is 448. The molecule has 0 heterocycles. The van der Waals surface area contributed by atoms with Gasteiger partial charge in [-0.25, -0.2) is 4.79 Å². The van der Waals surface area contributed by atoms with Crippen molar-refractivity contribution in [2.45, 2.75) is 16.9 Å². The van der Waals surface area contributed by atoms with E-state index in [1.54, 1.807) is 6.07 Å². The van der Waals surface area contributed by atoms with Crippen molar-refractivity contribution < 1.29 is 14.6 Å². The molecule has 1 N–H and O–H groups in total. The number of halogens is 3. The van der Waals surface area contributed by atoms with Crippen molar-refractivity contribution >= 4 is 45.1 Å². The summed E-state index contributed by atoms with van der Waals surface area (Å²) in [5, 5.41) is 8.86. The summed E-state index contributed by atoms with van der Waals surface area (Å²) in [6.07, 6.45) is 0.275. The van der Waals surface area contributed by atoms with Crippen LogP contribution in [-0.2, 0) is 0 Å². The highest BCUT2D eigenvalue weighted by Gasteiger charge is 2.54. The Morgan fingerprint density at radius 3 is 2.62 bits per heavy atom. The van der Waals surface area contributed by atoms with Gasteiger partial charge in [-0.2, -0.15) is 0 Å². The first-order valence-corrected chi connectivity index (χ1v) is 6.02. The smallest absolute Gasteiger partial charge is 0.335 e. The van der Waals surface area contributed by atoms with Crippen LogP contribution in [0.4, 0.5) is 0 Å². The normalized spacial score (nSPS) is 21.6. The highest BCUT2D eigenvalue weighted by molar-refractivity contribution is 9.10. The molecule has 1 aromatic carbocycles. The van der Waals surface area contributed by atoms with Gasteiger partial charge < -0.3 is 9.84 Å². The molecule has 86 valence electrons. The van der Waals surface area contributed by atoms with Crippen LogP contribution in [0.1, 0.15) is 16.8 Å². The molecule has 1 aliphatic carbocycles. The zero-order chi connectivity index (χ0) is 11.9. The van der Waals surface area contributed by atoms with E-state index in [-0.39, 0.29) is 11.7 Å². The van der Waals surface area contributed by atoms with Gasteiger partial charge in [-0.1, -0.05) is 39.1 Å². The number of benzene rings is 1. The molecule has 3 nitrogen and oxygen atoms in total. The maximum Gasteiger partial charge on any atom is 0.335 e. The van der Waals surface area contributed by atoms with Crippen LogP contribution >= 0.6 is 39.1 Å². The van der Waals surface area contributed by atoms with Crippen molar-refractivity contribution in [1.82, 2.24) is 0 Å². The number of hydrogen-bond donors (Lipinski definition) is 1. The molecule has 0 spiro atoms. The predicted molar refractivity (Wildman–Crippen MR) is 64.6 cm³/mol. The first-order chi connectivity index (χ1) is 7.38. The number of rotatable bonds is 3. The van der Waals surface area contributed by atoms with Crippen LogP contribution in [-0.4, -0.2) is 21.5 Å². The molecule has 1 atom stereocenters. The fourth-order valence-electron chi connectivity index (χ4n) is 1.23. The van der Waals surface area contributed by atoms with E-state index in [0.29, 0.717) is 16.6 Å². The number of carboxylic acid groups (broad SMARTS) is 1. The topological polar surface area (TPSA) is 46.5 Å². The van der Waals surface area contributed by atoms with Crippen LogP contribution in [0.3, 0.4) is 0 Å². The minimum absolute atomic E-state index is 0.153. The summed E-state index contributed by atoms with van der Waals surface area (Å²) in [6.45, 7) is 0. The molecule has 2 rings (SSSR count). The number of ether oxygens (including phenoxy) is 1. The van der Waals surface area contributed by atoms with Crippen molar-refractivity contribution in [3.8, 4) is 5.75 Å². The average molecular weight is 326 g/mol. The lowest BCUT2D eigenvalue weighted by atomic mass is 10.2. The summed E-state index contributed by atoms with van der Waals surface area (Å²) < 4.78 is 5.25. The molecule has 1 unspecified atom stereocenters. The zero-order valence-corrected chi connectivity index (χ0v) is 11.0. The molecule has 1 saturated carbocycles. The molecular formula is C10H7BrCl2O3. The van der Waals surface area contributed by atoms with E-state index in [9.17, 15) is 4.79 Å². The van der Waals surface area contributed by atoms with Gasteiger partial charge in [0.05, 0.1) is 5.56 Å². The van der Waals surface area contributed by atoms with Crippen LogP contribution in [0.5, 0.6) is 5.75 Å². The molecular weight excluding hydrogens is 319 g/mol. The van der Waals surface area contributed by atoms with Gasteiger partial charge in [0, 0.05) is 10.9 Å². The van der Waals surface area contributed by atoms with Gasteiger partial charge in [0.1, 0.15) is 11.9 Å². The van der Waals surface area contributed by atoms with E-state index in [0.717, 1.165) is 0 Å². The standard InChI is InChI=1S/C10H7BrCl2O3/c11-6-1-5(9(14)15)2-7(3-6)16-8-4-10(8,12)13/h1-3,8H,4H2,(H,14,15). The lowest BCUT2D eigenvalue weighted by Crippen LogP contribution is -2.06. The van der Waals surface area contributed by atoms with Crippen molar-refractivity contribution in [2.75, 3.05) is 0 Å². The minimum Gasteiger partial charge on any atom is -0.487 e. The third-order valence-corrected chi connectivity index (χ3v) is 3.42. The van der Waals surface area contributed by atoms with Gasteiger partial charge >= 0.3 is 5.97 Å². The Labute approximate surface area is 110 Å². The third-order valence-electron chi connectivity index (χ3n) is 2.17. The van der Waals surface area contributed by atoms with Gasteiger partial charge in [0.15, 0.2) is 4.33 Å². The van der Waals surface area contributed by atoms with E-state index in [4.69, 9.17) is 33.0 Å². The zero-order valence-electron chi connectivity index (χ0n) is 7.91. The summed E-state index contributed by atoms with van der Waals surface area (Å²) in [5.74, 6) is -0.565. The second kappa shape index (κ2) is 4.09. The quantitative estimate of drug-likeness (QED) is 0.865. The number of carbonyl (C=O) groups is 1. The van der Waals surface area contributed by atoms with Gasteiger partial charge in [-0.05, 0) is 18.2 Å². The Kier molecular flexibility index (Phi) is 3.07. The SMILES string of the molecule is O=C(O)c1cc(Br)cc(OC2CC2(Cl)Cl)c1. The molecule has 0 bridgehead atoms. The molecule has 1 aliphatic rings. The maximum atomic E-state index is 10.8. The highest BCUT2D eigenvalue weighted by Crippen LogP contribution is 2.49. The Hall–Kier alpha value is -0.450. The molecule has 0 saturated heterocycles. The fraction of sp³-hybridized carbons (Fsp3) is 0.300. The lowest BCUT2D eigenvalue weighted by Gasteiger charge is -2.07. The summed E-state index contributed by atoms with van der Waals surface area (Å²) in [5.41, 5.74) is 0.153. The molecule has 0 radical (unpaired) electrons. The Balaban J connectivity index is 2.18. The summed E-state index contributed by atoms with van der Waals surface area (Å²) in [6, 6.07) is 4.61. The monoisotopic (exact) mass is 324 g/mol. The molecule has 0 aliphatic heterocycles. The minimum atomic E-state index is -1.01. The van der Waals surface area contributed by atoms with E-state index >= 15 is 0 Å². The number of hydrogen-bond acceptors (Lipinski definition) is 2. The summed E-state index contributed by atoms with van der Waals surface area (Å²) in [7, 11) is 0. The Morgan fingerprint density at radius 1 is 1.50 bits per heavy atom. The summed E-state index contributed by atoms with van der Waals surface area (Å²) in [4.78, 5) is 10.8. The molecule has 6 heteroatoms. The lowest BCUT2D eigenvalue weighted by molar-refractivity contribution is 0.0696. The van der Waals surface area contributed by atoms with Crippen LogP contribution < -0.4 is 4.74 Å². The first kappa shape index (κ1) is 12.0. The van der Waals surface area contributed by atoms with Crippen LogP contribution in [0.15, 0.2) is 22.7 Å². The van der Waals surface area contributed by atoms with E-state index < -0.39 is 10.3 Å². The average Bonchev–Trinajstić information content (AvgIpc) is 2.72. The van der Waals surface area contributed by atoms with Crippen LogP contribution in [0.25, 0.3) is 0 Å². The number of carboxylic acids is 1. The van der Waals surface area contributed by atoms with Crippen molar-refractivity contribution in [3.05, 3.63) is 28.2 Å². The van der Waals surface area contributed by atoms with Crippen molar-refractivity contribution in [2.24, 2.45) is 0 Å². The van der Waals surface area contributed by atoms with E-state index in [2.05, 4.69) is 15.9 Å². The largest absolute Gasteiger partial charge is 0.487 e. The van der Waals surface area contributed by atoms with E-state index in [1.165, 1.54) is 12.1 Å². The highest BCUT2D eigenvalue weighted by atomic mass is 79.9. The first-order valence-electron chi connectivity index (χ1n) is 4.47. The molecule has 1 aromatic rings. The molecule has 16 heavy (non-hydrogen) atoms. The molecule has 0 amide bonds. The van der Waals surface area contributed by atoms with Crippen LogP contribution in [0.2, 0.25) is 0 Å². The fourth-order valence-corrected chi connectivity index (χ4v) is 2.08. The Morgan fingerprint density at radius 2 is 2.12 bits per heavy atom. The second-order valence-corrected chi connectivity index (χ2v) is 6.01. The number of aromatic carboxylic acids is 1. The summed E-state index contributed by atoms with van der Waals surface area (Å²) >= 11 is 14.8. The second-order valence-electron chi connectivity index (χ2n) is 3.55. The molecule has 1 fully saturated rings. The van der Waals surface area contributed by atoms with Crippen molar-refractivity contribution in [3.63, 3.8) is 0 Å².